The molecule has 1 atom stereocenters. The topological polar surface area (TPSA) is 88.2 Å². The van der Waals surface area contributed by atoms with E-state index in [9.17, 15) is 9.90 Å². The van der Waals surface area contributed by atoms with Gasteiger partial charge in [-0.25, -0.2) is 4.98 Å². The highest BCUT2D eigenvalue weighted by Gasteiger charge is 2.29. The third kappa shape index (κ3) is 3.59. The minimum atomic E-state index is -0.397. The lowest BCUT2D eigenvalue weighted by molar-refractivity contribution is 0.0903. The maximum atomic E-state index is 12.8. The Bertz CT molecular complexity index is 760. The molecule has 6 nitrogen and oxygen atoms in total. The van der Waals surface area contributed by atoms with Crippen molar-refractivity contribution in [3.63, 3.8) is 0 Å². The van der Waals surface area contributed by atoms with Gasteiger partial charge in [-0.05, 0) is 44.6 Å². The van der Waals surface area contributed by atoms with Crippen LogP contribution < -0.4 is 5.32 Å². The summed E-state index contributed by atoms with van der Waals surface area (Å²) >= 11 is 0. The van der Waals surface area contributed by atoms with Gasteiger partial charge >= 0.3 is 0 Å². The van der Waals surface area contributed by atoms with E-state index in [0.717, 1.165) is 18.5 Å². The van der Waals surface area contributed by atoms with Crippen LogP contribution >= 0.6 is 0 Å². The fourth-order valence-electron chi connectivity index (χ4n) is 3.17. The number of rotatable bonds is 6. The summed E-state index contributed by atoms with van der Waals surface area (Å²) in [5, 5.41) is 17.2. The zero-order valence-electron chi connectivity index (χ0n) is 14.7. The van der Waals surface area contributed by atoms with E-state index in [1.165, 1.54) is 0 Å². The predicted molar refractivity (Wildman–Crippen MR) is 90.9 cm³/mol. The molecular formula is C18H25N3O3. The number of nitrogens with one attached hydrogen (secondary N) is 1. The van der Waals surface area contributed by atoms with Gasteiger partial charge < -0.3 is 14.9 Å². The van der Waals surface area contributed by atoms with Gasteiger partial charge in [-0.15, -0.1) is 0 Å². The SMILES string of the molecule is Cc1noc2nc(C3CC3)cc(C(=O)NCC(C)(C)CC(C)O)c12. The largest absolute Gasteiger partial charge is 0.393 e. The lowest BCUT2D eigenvalue weighted by Crippen LogP contribution is -2.35. The Hall–Kier alpha value is -1.95. The molecular weight excluding hydrogens is 306 g/mol. The Morgan fingerprint density at radius 2 is 2.21 bits per heavy atom. The number of aliphatic hydroxyl groups excluding tert-OH is 1. The fourth-order valence-corrected chi connectivity index (χ4v) is 3.17. The summed E-state index contributed by atoms with van der Waals surface area (Å²) in [5.74, 6) is 0.285. The van der Waals surface area contributed by atoms with Gasteiger partial charge in [0, 0.05) is 18.2 Å². The Morgan fingerprint density at radius 3 is 2.83 bits per heavy atom. The van der Waals surface area contributed by atoms with Crippen molar-refractivity contribution >= 4 is 17.0 Å². The normalized spacial score (nSPS) is 16.4. The molecule has 2 N–H and O–H groups in total. The van der Waals surface area contributed by atoms with E-state index in [1.807, 2.05) is 26.8 Å². The number of fused-ring (bicyclic) bond motifs is 1. The molecule has 3 rings (SSSR count). The van der Waals surface area contributed by atoms with Gasteiger partial charge in [0.2, 0.25) is 0 Å². The zero-order valence-corrected chi connectivity index (χ0v) is 14.7. The summed E-state index contributed by atoms with van der Waals surface area (Å²) < 4.78 is 5.28. The molecule has 0 aliphatic heterocycles. The molecule has 0 bridgehead atoms. The third-order valence-electron chi connectivity index (χ3n) is 4.45. The summed E-state index contributed by atoms with van der Waals surface area (Å²) in [5.41, 5.74) is 2.41. The molecule has 1 unspecified atom stereocenters. The number of nitrogens with zero attached hydrogens (tertiary/aromatic N) is 2. The summed E-state index contributed by atoms with van der Waals surface area (Å²) in [6.45, 7) is 8.13. The van der Waals surface area contributed by atoms with E-state index in [-0.39, 0.29) is 11.3 Å². The molecule has 130 valence electrons. The second-order valence-corrected chi connectivity index (χ2v) is 7.72. The number of pyridine rings is 1. The first kappa shape index (κ1) is 16.9. The minimum Gasteiger partial charge on any atom is -0.393 e. The van der Waals surface area contributed by atoms with Crippen molar-refractivity contribution < 1.29 is 14.4 Å². The maximum Gasteiger partial charge on any atom is 0.259 e. The molecule has 2 aromatic heterocycles. The van der Waals surface area contributed by atoms with Crippen LogP contribution in [0.1, 0.15) is 67.7 Å². The maximum absolute atomic E-state index is 12.8. The number of aryl methyl sites for hydroxylation is 1. The molecule has 0 radical (unpaired) electrons. The van der Waals surface area contributed by atoms with E-state index in [1.54, 1.807) is 6.92 Å². The van der Waals surface area contributed by atoms with Crippen LogP contribution in [0, 0.1) is 12.3 Å². The average molecular weight is 331 g/mol. The standard InChI is InChI=1S/C18H25N3O3/c1-10(22)8-18(3,4)9-19-16(23)13-7-14(12-5-6-12)20-17-15(13)11(2)21-24-17/h7,10,12,22H,5-6,8-9H2,1-4H3,(H,19,23). The molecule has 1 aliphatic carbocycles. The van der Waals surface area contributed by atoms with Crippen LogP contribution in [0.4, 0.5) is 0 Å². The first-order chi connectivity index (χ1) is 11.3. The van der Waals surface area contributed by atoms with Crippen LogP contribution in [-0.2, 0) is 0 Å². The van der Waals surface area contributed by atoms with Crippen molar-refractivity contribution in [1.82, 2.24) is 15.5 Å². The number of aliphatic hydroxyl groups is 1. The van der Waals surface area contributed by atoms with Crippen LogP contribution in [-0.4, -0.2) is 33.8 Å². The molecule has 24 heavy (non-hydrogen) atoms. The predicted octanol–water partition coefficient (Wildman–Crippen LogP) is 2.94. The second-order valence-electron chi connectivity index (χ2n) is 7.72. The fraction of sp³-hybridized carbons (Fsp3) is 0.611. The highest BCUT2D eigenvalue weighted by atomic mass is 16.5. The Morgan fingerprint density at radius 1 is 1.50 bits per heavy atom. The summed E-state index contributed by atoms with van der Waals surface area (Å²) in [6, 6.07) is 1.88. The van der Waals surface area contributed by atoms with E-state index < -0.39 is 6.10 Å². The zero-order chi connectivity index (χ0) is 17.5. The lowest BCUT2D eigenvalue weighted by Gasteiger charge is -2.26. The molecule has 1 saturated carbocycles. The summed E-state index contributed by atoms with van der Waals surface area (Å²) in [7, 11) is 0. The highest BCUT2D eigenvalue weighted by molar-refractivity contribution is 6.06. The molecule has 1 amide bonds. The molecule has 1 aliphatic rings. The number of carbonyl (C=O) groups excluding carboxylic acids is 1. The van der Waals surface area contributed by atoms with Gasteiger partial charge in [0.05, 0.1) is 22.7 Å². The summed E-state index contributed by atoms with van der Waals surface area (Å²) in [6.07, 6.45) is 2.44. The Labute approximate surface area is 141 Å². The minimum absolute atomic E-state index is 0.144. The van der Waals surface area contributed by atoms with E-state index in [0.29, 0.717) is 41.2 Å². The molecule has 2 aromatic rings. The van der Waals surface area contributed by atoms with Gasteiger partial charge in [-0.3, -0.25) is 4.79 Å². The van der Waals surface area contributed by atoms with Crippen molar-refractivity contribution in [3.05, 3.63) is 23.0 Å². The van der Waals surface area contributed by atoms with Crippen LogP contribution in [0.25, 0.3) is 11.1 Å². The molecule has 1 fully saturated rings. The number of carbonyl (C=O) groups is 1. The highest BCUT2D eigenvalue weighted by Crippen LogP contribution is 2.40. The van der Waals surface area contributed by atoms with Crippen LogP contribution in [0.3, 0.4) is 0 Å². The Balaban J connectivity index is 1.85. The van der Waals surface area contributed by atoms with Crippen LogP contribution in [0.2, 0.25) is 0 Å². The van der Waals surface area contributed by atoms with Crippen molar-refractivity contribution in [3.8, 4) is 0 Å². The second kappa shape index (κ2) is 6.16. The quantitative estimate of drug-likeness (QED) is 0.849. The molecule has 2 heterocycles. The average Bonchev–Trinajstić information content (AvgIpc) is 3.27. The third-order valence-corrected chi connectivity index (χ3v) is 4.45. The van der Waals surface area contributed by atoms with Gasteiger partial charge in [0.15, 0.2) is 0 Å². The van der Waals surface area contributed by atoms with E-state index in [4.69, 9.17) is 4.52 Å². The van der Waals surface area contributed by atoms with Crippen molar-refractivity contribution in [2.45, 2.75) is 59.0 Å². The molecule has 0 saturated heterocycles. The summed E-state index contributed by atoms with van der Waals surface area (Å²) in [4.78, 5) is 17.3. The smallest absolute Gasteiger partial charge is 0.259 e. The van der Waals surface area contributed by atoms with Gasteiger partial charge in [-0.2, -0.15) is 0 Å². The first-order valence-corrected chi connectivity index (χ1v) is 8.50. The van der Waals surface area contributed by atoms with E-state index in [2.05, 4.69) is 15.5 Å². The molecule has 6 heteroatoms. The van der Waals surface area contributed by atoms with Crippen molar-refractivity contribution in [1.29, 1.82) is 0 Å². The van der Waals surface area contributed by atoms with Crippen LogP contribution in [0.5, 0.6) is 0 Å². The first-order valence-electron chi connectivity index (χ1n) is 8.50. The lowest BCUT2D eigenvalue weighted by atomic mass is 9.87. The van der Waals surface area contributed by atoms with Crippen molar-refractivity contribution in [2.24, 2.45) is 5.41 Å². The van der Waals surface area contributed by atoms with E-state index >= 15 is 0 Å². The number of hydrogen-bond acceptors (Lipinski definition) is 5. The monoisotopic (exact) mass is 331 g/mol. The number of hydrogen-bond donors (Lipinski definition) is 2. The van der Waals surface area contributed by atoms with Gasteiger partial charge in [0.25, 0.3) is 11.6 Å². The van der Waals surface area contributed by atoms with Gasteiger partial charge in [-0.1, -0.05) is 19.0 Å². The van der Waals surface area contributed by atoms with Crippen LogP contribution in [0.15, 0.2) is 10.6 Å². The molecule has 0 spiro atoms. The van der Waals surface area contributed by atoms with Crippen molar-refractivity contribution in [2.75, 3.05) is 6.54 Å². The molecule has 0 aromatic carbocycles. The number of amides is 1. The Kier molecular flexibility index (Phi) is 4.34. The van der Waals surface area contributed by atoms with Gasteiger partial charge in [0.1, 0.15) is 0 Å². The number of aromatic nitrogens is 2.